The molecule has 0 radical (unpaired) electrons. The van der Waals surface area contributed by atoms with Crippen molar-refractivity contribution in [3.05, 3.63) is 106 Å². The Morgan fingerprint density at radius 1 is 0.905 bits per heavy atom. The van der Waals surface area contributed by atoms with Gasteiger partial charge in [-0.2, -0.15) is 0 Å². The number of benzene rings is 2. The molecule has 6 rings (SSSR count). The minimum atomic E-state index is -0.365. The number of anilines is 2. The summed E-state index contributed by atoms with van der Waals surface area (Å²) in [6.45, 7) is 2.30. The van der Waals surface area contributed by atoms with Gasteiger partial charge in [-0.05, 0) is 60.9 Å². The second-order valence-electron chi connectivity index (χ2n) is 10.7. The van der Waals surface area contributed by atoms with E-state index in [-0.39, 0.29) is 35.8 Å². The molecular weight excluding hydrogens is 536 g/mol. The number of ether oxygens (including phenoxy) is 2. The molecule has 2 atom stereocenters. The number of piperidine rings is 1. The SMILES string of the molecule is COc1cc(OC)cc(C(=O)Nc2cc(C(=O)NCc3ccco3)ccc2N2CC3CC(C2)c2cccc(=O)n2C3)c1. The Balaban J connectivity index is 1.32. The van der Waals surface area contributed by atoms with Crippen molar-refractivity contribution < 1.29 is 23.5 Å². The summed E-state index contributed by atoms with van der Waals surface area (Å²) in [7, 11) is 3.05. The number of fused-ring (bicyclic) bond motifs is 4. The summed E-state index contributed by atoms with van der Waals surface area (Å²) in [6, 6.07) is 19.3. The van der Waals surface area contributed by atoms with Crippen LogP contribution in [-0.2, 0) is 13.1 Å². The molecule has 10 nitrogen and oxygen atoms in total. The van der Waals surface area contributed by atoms with Crippen molar-refractivity contribution in [2.45, 2.75) is 25.4 Å². The summed E-state index contributed by atoms with van der Waals surface area (Å²) in [5.74, 6) is 1.41. The number of methoxy groups -OCH3 is 2. The Hall–Kier alpha value is -4.99. The number of carbonyl (C=O) groups is 2. The number of nitrogens with zero attached hydrogens (tertiary/aromatic N) is 2. The van der Waals surface area contributed by atoms with Gasteiger partial charge in [0.1, 0.15) is 17.3 Å². The number of aromatic nitrogens is 1. The molecule has 2 bridgehead atoms. The summed E-state index contributed by atoms with van der Waals surface area (Å²) in [5.41, 5.74) is 3.14. The van der Waals surface area contributed by atoms with Crippen molar-refractivity contribution in [2.24, 2.45) is 5.92 Å². The van der Waals surface area contributed by atoms with E-state index in [1.807, 2.05) is 22.8 Å². The second-order valence-corrected chi connectivity index (χ2v) is 10.7. The standard InChI is InChI=1S/C32H32N4O6/c1-40-25-12-22(13-26(15-25)41-2)32(39)34-27-14-21(31(38)33-16-24-5-4-10-42-24)8-9-29(27)35-17-20-11-23(19-35)28-6-3-7-30(37)36(28)18-20/h3-10,12-15,20,23H,11,16-19H2,1-2H3,(H,33,38)(H,34,39). The van der Waals surface area contributed by atoms with Crippen LogP contribution in [-0.4, -0.2) is 43.7 Å². The lowest BCUT2D eigenvalue weighted by Crippen LogP contribution is -2.47. The molecule has 2 aliphatic rings. The van der Waals surface area contributed by atoms with Crippen LogP contribution in [0.4, 0.5) is 11.4 Å². The van der Waals surface area contributed by atoms with Gasteiger partial charge >= 0.3 is 0 Å². The fourth-order valence-electron chi connectivity index (χ4n) is 5.96. The van der Waals surface area contributed by atoms with E-state index in [2.05, 4.69) is 15.5 Å². The molecule has 42 heavy (non-hydrogen) atoms. The number of nitrogens with one attached hydrogen (secondary N) is 2. The van der Waals surface area contributed by atoms with Gasteiger partial charge in [-0.3, -0.25) is 14.4 Å². The van der Waals surface area contributed by atoms with E-state index < -0.39 is 0 Å². The van der Waals surface area contributed by atoms with Crippen molar-refractivity contribution in [1.29, 1.82) is 0 Å². The Labute approximate surface area is 242 Å². The smallest absolute Gasteiger partial charge is 0.255 e. The van der Waals surface area contributed by atoms with E-state index in [1.54, 1.807) is 54.8 Å². The molecule has 4 heterocycles. The highest BCUT2D eigenvalue weighted by Gasteiger charge is 2.35. The zero-order valence-corrected chi connectivity index (χ0v) is 23.5. The van der Waals surface area contributed by atoms with Crippen LogP contribution in [0.15, 0.2) is 82.2 Å². The predicted octanol–water partition coefficient (Wildman–Crippen LogP) is 4.26. The fourth-order valence-corrected chi connectivity index (χ4v) is 5.96. The van der Waals surface area contributed by atoms with E-state index in [0.717, 1.165) is 24.3 Å². The molecular formula is C32H32N4O6. The number of carbonyl (C=O) groups excluding carboxylic acids is 2. The number of rotatable bonds is 8. The van der Waals surface area contributed by atoms with Gasteiger partial charge < -0.3 is 34.0 Å². The van der Waals surface area contributed by atoms with Gasteiger partial charge in [-0.1, -0.05) is 6.07 Å². The van der Waals surface area contributed by atoms with Gasteiger partial charge in [0.05, 0.1) is 38.4 Å². The molecule has 2 unspecified atom stereocenters. The molecule has 2 amide bonds. The summed E-state index contributed by atoms with van der Waals surface area (Å²) in [4.78, 5) is 41.4. The highest BCUT2D eigenvalue weighted by atomic mass is 16.5. The average molecular weight is 569 g/mol. The number of amides is 2. The topological polar surface area (TPSA) is 115 Å². The first-order valence-electron chi connectivity index (χ1n) is 13.9. The largest absolute Gasteiger partial charge is 0.497 e. The highest BCUT2D eigenvalue weighted by molar-refractivity contribution is 6.07. The van der Waals surface area contributed by atoms with Crippen LogP contribution in [0.25, 0.3) is 0 Å². The third-order valence-electron chi connectivity index (χ3n) is 7.94. The third-order valence-corrected chi connectivity index (χ3v) is 7.94. The lowest BCUT2D eigenvalue weighted by atomic mass is 9.83. The molecule has 2 N–H and O–H groups in total. The van der Waals surface area contributed by atoms with Crippen molar-refractivity contribution >= 4 is 23.2 Å². The van der Waals surface area contributed by atoms with Crippen molar-refractivity contribution in [1.82, 2.24) is 9.88 Å². The summed E-state index contributed by atoms with van der Waals surface area (Å²) < 4.78 is 17.9. The van der Waals surface area contributed by atoms with Crippen LogP contribution < -0.4 is 30.6 Å². The summed E-state index contributed by atoms with van der Waals surface area (Å²) in [5, 5.41) is 5.91. The predicted molar refractivity (Wildman–Crippen MR) is 158 cm³/mol. The van der Waals surface area contributed by atoms with Crippen molar-refractivity contribution in [3.8, 4) is 11.5 Å². The van der Waals surface area contributed by atoms with Gasteiger partial charge in [0.2, 0.25) is 0 Å². The lowest BCUT2D eigenvalue weighted by Gasteiger charge is -2.44. The first-order valence-corrected chi connectivity index (χ1v) is 13.9. The molecule has 2 aromatic carbocycles. The van der Waals surface area contributed by atoms with Crippen molar-refractivity contribution in [2.75, 3.05) is 37.5 Å². The van der Waals surface area contributed by atoms with E-state index in [0.29, 0.717) is 47.2 Å². The van der Waals surface area contributed by atoms with Crippen LogP contribution in [0.3, 0.4) is 0 Å². The second kappa shape index (κ2) is 11.5. The van der Waals surface area contributed by atoms with Gasteiger partial charge in [-0.25, -0.2) is 0 Å². The first kappa shape index (κ1) is 27.2. The van der Waals surface area contributed by atoms with E-state index >= 15 is 0 Å². The van der Waals surface area contributed by atoms with Crippen molar-refractivity contribution in [3.63, 3.8) is 0 Å². The first-order chi connectivity index (χ1) is 20.4. The summed E-state index contributed by atoms with van der Waals surface area (Å²) >= 11 is 0. The summed E-state index contributed by atoms with van der Waals surface area (Å²) in [6.07, 6.45) is 2.55. The maximum absolute atomic E-state index is 13.6. The molecule has 4 aromatic rings. The number of furan rings is 1. The molecule has 216 valence electrons. The van der Waals surface area contributed by atoms with Crippen LogP contribution >= 0.6 is 0 Å². The van der Waals surface area contributed by atoms with Gasteiger partial charge in [-0.15, -0.1) is 0 Å². The Morgan fingerprint density at radius 3 is 2.45 bits per heavy atom. The van der Waals surface area contributed by atoms with Crippen LogP contribution in [0.2, 0.25) is 0 Å². The highest BCUT2D eigenvalue weighted by Crippen LogP contribution is 2.39. The quantitative estimate of drug-likeness (QED) is 0.326. The number of hydrogen-bond acceptors (Lipinski definition) is 7. The minimum Gasteiger partial charge on any atom is -0.497 e. The zero-order valence-electron chi connectivity index (χ0n) is 23.5. The zero-order chi connectivity index (χ0) is 29.2. The lowest BCUT2D eigenvalue weighted by molar-refractivity contribution is 0.0946. The molecule has 0 saturated carbocycles. The fraction of sp³-hybridized carbons (Fsp3) is 0.281. The maximum atomic E-state index is 13.6. The monoisotopic (exact) mass is 568 g/mol. The third kappa shape index (κ3) is 5.47. The average Bonchev–Trinajstić information content (AvgIpc) is 3.54. The number of pyridine rings is 1. The van der Waals surface area contributed by atoms with E-state index in [9.17, 15) is 14.4 Å². The maximum Gasteiger partial charge on any atom is 0.255 e. The molecule has 0 spiro atoms. The molecule has 2 aliphatic heterocycles. The van der Waals surface area contributed by atoms with Crippen LogP contribution in [0.5, 0.6) is 11.5 Å². The van der Waals surface area contributed by atoms with E-state index in [4.69, 9.17) is 13.9 Å². The van der Waals surface area contributed by atoms with Gasteiger partial charge in [0.25, 0.3) is 17.4 Å². The molecule has 2 aromatic heterocycles. The Bertz CT molecular complexity index is 1660. The van der Waals surface area contributed by atoms with Crippen LogP contribution in [0, 0.1) is 5.92 Å². The molecule has 0 aliphatic carbocycles. The number of hydrogen-bond donors (Lipinski definition) is 2. The minimum absolute atomic E-state index is 0.0298. The van der Waals surface area contributed by atoms with Crippen LogP contribution in [0.1, 0.15) is 44.5 Å². The molecule has 1 fully saturated rings. The normalized spacial score (nSPS) is 17.2. The molecule has 1 saturated heterocycles. The Morgan fingerprint density at radius 2 is 1.71 bits per heavy atom. The van der Waals surface area contributed by atoms with Gasteiger partial charge in [0.15, 0.2) is 0 Å². The van der Waals surface area contributed by atoms with Gasteiger partial charge in [0, 0.05) is 54.5 Å². The Kier molecular flexibility index (Phi) is 7.43. The van der Waals surface area contributed by atoms with E-state index in [1.165, 1.54) is 14.2 Å². The molecule has 10 heteroatoms.